The molecule has 1 amide bonds. The minimum absolute atomic E-state index is 0.0116. The Morgan fingerprint density at radius 1 is 1.42 bits per heavy atom. The zero-order chi connectivity index (χ0) is 17.9. The maximum atomic E-state index is 12.6. The Kier molecular flexibility index (Phi) is 4.65. The number of H-pyrrole nitrogens is 1. The molecule has 0 radical (unpaired) electrons. The van der Waals surface area contributed by atoms with Crippen molar-refractivity contribution in [1.29, 1.82) is 0 Å². The molecular formula is C16H17N7O2S. The maximum absolute atomic E-state index is 12.6. The number of aromatic nitrogens is 6. The molecular weight excluding hydrogens is 354 g/mol. The summed E-state index contributed by atoms with van der Waals surface area (Å²) in [6.45, 7) is 2.50. The second kappa shape index (κ2) is 7.24. The number of hydrogen-bond acceptors (Lipinski definition) is 8. The SMILES string of the molecule is Cc1nc(SCC(=O)N2CCC[C@H]2c2nc(-c3ccccn3)no2)n[nH]1. The molecule has 9 nitrogen and oxygen atoms in total. The van der Waals surface area contributed by atoms with E-state index in [0.717, 1.165) is 18.7 Å². The molecule has 3 aromatic rings. The number of amides is 1. The van der Waals surface area contributed by atoms with Crippen molar-refractivity contribution in [2.75, 3.05) is 12.3 Å². The van der Waals surface area contributed by atoms with Crippen LogP contribution in [0.1, 0.15) is 30.6 Å². The van der Waals surface area contributed by atoms with Crippen molar-refractivity contribution in [1.82, 2.24) is 35.2 Å². The van der Waals surface area contributed by atoms with Gasteiger partial charge in [-0.05, 0) is 31.9 Å². The van der Waals surface area contributed by atoms with Crippen molar-refractivity contribution < 1.29 is 9.32 Å². The summed E-state index contributed by atoms with van der Waals surface area (Å²) in [5.74, 6) is 1.90. The number of pyridine rings is 1. The average molecular weight is 371 g/mol. The molecule has 0 aromatic carbocycles. The van der Waals surface area contributed by atoms with Crippen LogP contribution in [0.25, 0.3) is 11.5 Å². The van der Waals surface area contributed by atoms with Crippen LogP contribution in [0, 0.1) is 6.92 Å². The molecule has 0 spiro atoms. The Bertz CT molecular complexity index is 895. The van der Waals surface area contributed by atoms with Gasteiger partial charge >= 0.3 is 0 Å². The van der Waals surface area contributed by atoms with E-state index in [1.54, 1.807) is 11.1 Å². The number of likely N-dealkylation sites (tertiary alicyclic amines) is 1. The monoisotopic (exact) mass is 371 g/mol. The lowest BCUT2D eigenvalue weighted by molar-refractivity contribution is -0.129. The van der Waals surface area contributed by atoms with Crippen LogP contribution in [0.2, 0.25) is 0 Å². The van der Waals surface area contributed by atoms with Gasteiger partial charge in [0.1, 0.15) is 17.6 Å². The zero-order valence-electron chi connectivity index (χ0n) is 14.1. The molecule has 1 N–H and O–H groups in total. The van der Waals surface area contributed by atoms with Gasteiger partial charge in [0, 0.05) is 12.7 Å². The normalized spacial score (nSPS) is 17.0. The predicted molar refractivity (Wildman–Crippen MR) is 93.1 cm³/mol. The fourth-order valence-electron chi connectivity index (χ4n) is 2.89. The van der Waals surface area contributed by atoms with E-state index in [1.165, 1.54) is 11.8 Å². The van der Waals surface area contributed by atoms with Crippen LogP contribution in [-0.4, -0.2) is 53.4 Å². The quantitative estimate of drug-likeness (QED) is 0.678. The highest BCUT2D eigenvalue weighted by atomic mass is 32.2. The van der Waals surface area contributed by atoms with E-state index < -0.39 is 0 Å². The molecule has 1 atom stereocenters. The molecule has 1 fully saturated rings. The van der Waals surface area contributed by atoms with E-state index in [4.69, 9.17) is 4.52 Å². The van der Waals surface area contributed by atoms with Crippen molar-refractivity contribution in [3.8, 4) is 11.5 Å². The third-order valence-corrected chi connectivity index (χ3v) is 4.93. The molecule has 10 heteroatoms. The molecule has 0 aliphatic carbocycles. The number of hydrogen-bond donors (Lipinski definition) is 1. The molecule has 1 aliphatic rings. The number of aryl methyl sites for hydroxylation is 1. The summed E-state index contributed by atoms with van der Waals surface area (Å²) in [4.78, 5) is 27.3. The number of nitrogens with one attached hydrogen (secondary N) is 1. The molecule has 0 bridgehead atoms. The molecule has 4 heterocycles. The lowest BCUT2D eigenvalue weighted by Crippen LogP contribution is -2.32. The van der Waals surface area contributed by atoms with Crippen LogP contribution in [-0.2, 0) is 4.79 Å². The van der Waals surface area contributed by atoms with Gasteiger partial charge in [0.25, 0.3) is 0 Å². The summed E-state index contributed by atoms with van der Waals surface area (Å²) in [5, 5.41) is 11.4. The van der Waals surface area contributed by atoms with E-state index in [-0.39, 0.29) is 17.7 Å². The predicted octanol–water partition coefficient (Wildman–Crippen LogP) is 2.01. The molecule has 4 rings (SSSR count). The van der Waals surface area contributed by atoms with Gasteiger partial charge in [-0.1, -0.05) is 23.0 Å². The van der Waals surface area contributed by atoms with Gasteiger partial charge in [-0.3, -0.25) is 14.9 Å². The van der Waals surface area contributed by atoms with Crippen molar-refractivity contribution in [2.45, 2.75) is 31.0 Å². The summed E-state index contributed by atoms with van der Waals surface area (Å²) in [6.07, 6.45) is 3.39. The van der Waals surface area contributed by atoms with Crippen molar-refractivity contribution >= 4 is 17.7 Å². The summed E-state index contributed by atoms with van der Waals surface area (Å²) >= 11 is 1.31. The van der Waals surface area contributed by atoms with Crippen molar-refractivity contribution in [3.05, 3.63) is 36.1 Å². The third-order valence-electron chi connectivity index (χ3n) is 4.10. The first-order chi connectivity index (χ1) is 12.7. The van der Waals surface area contributed by atoms with Crippen molar-refractivity contribution in [2.24, 2.45) is 0 Å². The molecule has 1 saturated heterocycles. The lowest BCUT2D eigenvalue weighted by atomic mass is 10.2. The first-order valence-corrected chi connectivity index (χ1v) is 9.25. The van der Waals surface area contributed by atoms with Crippen LogP contribution in [0.5, 0.6) is 0 Å². The second-order valence-electron chi connectivity index (χ2n) is 5.91. The van der Waals surface area contributed by atoms with Gasteiger partial charge in [0.15, 0.2) is 0 Å². The zero-order valence-corrected chi connectivity index (χ0v) is 14.9. The fraction of sp³-hybridized carbons (Fsp3) is 0.375. The Balaban J connectivity index is 1.44. The van der Waals surface area contributed by atoms with Gasteiger partial charge in [-0.2, -0.15) is 4.98 Å². The summed E-state index contributed by atoms with van der Waals surface area (Å²) < 4.78 is 5.42. The number of nitrogens with zero attached hydrogens (tertiary/aromatic N) is 6. The summed E-state index contributed by atoms with van der Waals surface area (Å²) in [6, 6.07) is 5.32. The van der Waals surface area contributed by atoms with Crippen LogP contribution in [0.15, 0.2) is 34.1 Å². The average Bonchev–Trinajstić information content (AvgIpc) is 3.40. The lowest BCUT2D eigenvalue weighted by Gasteiger charge is -2.21. The third kappa shape index (κ3) is 3.45. The van der Waals surface area contributed by atoms with Gasteiger partial charge in [0.2, 0.25) is 22.8 Å². The van der Waals surface area contributed by atoms with E-state index >= 15 is 0 Å². The molecule has 0 saturated carbocycles. The van der Waals surface area contributed by atoms with Gasteiger partial charge in [-0.15, -0.1) is 5.10 Å². The number of aromatic amines is 1. The van der Waals surface area contributed by atoms with Crippen LogP contribution >= 0.6 is 11.8 Å². The minimum Gasteiger partial charge on any atom is -0.337 e. The number of rotatable bonds is 5. The van der Waals surface area contributed by atoms with E-state index in [1.807, 2.05) is 25.1 Å². The van der Waals surface area contributed by atoms with Gasteiger partial charge in [-0.25, -0.2) is 4.98 Å². The molecule has 26 heavy (non-hydrogen) atoms. The highest BCUT2D eigenvalue weighted by Gasteiger charge is 2.34. The largest absolute Gasteiger partial charge is 0.337 e. The smallest absolute Gasteiger partial charge is 0.249 e. The van der Waals surface area contributed by atoms with Gasteiger partial charge < -0.3 is 9.42 Å². The molecule has 134 valence electrons. The van der Waals surface area contributed by atoms with E-state index in [9.17, 15) is 4.79 Å². The highest BCUT2D eigenvalue weighted by molar-refractivity contribution is 7.99. The fourth-order valence-corrected chi connectivity index (χ4v) is 3.62. The molecule has 0 unspecified atom stereocenters. The van der Waals surface area contributed by atoms with Crippen molar-refractivity contribution in [3.63, 3.8) is 0 Å². The van der Waals surface area contributed by atoms with Crippen LogP contribution in [0.3, 0.4) is 0 Å². The first-order valence-electron chi connectivity index (χ1n) is 8.27. The second-order valence-corrected chi connectivity index (χ2v) is 6.85. The minimum atomic E-state index is -0.193. The Morgan fingerprint density at radius 3 is 3.12 bits per heavy atom. The van der Waals surface area contributed by atoms with Crippen LogP contribution < -0.4 is 0 Å². The number of carbonyl (C=O) groups is 1. The standard InChI is InChI=1S/C16H17N7O2S/c1-10-18-16(21-20-10)26-9-13(24)23-8-4-6-12(23)15-19-14(22-25-15)11-5-2-3-7-17-11/h2-3,5,7,12H,4,6,8-9H2,1H3,(H,18,20,21)/t12-/m0/s1. The maximum Gasteiger partial charge on any atom is 0.249 e. The Hall–Kier alpha value is -2.75. The first kappa shape index (κ1) is 16.7. The molecule has 1 aliphatic heterocycles. The number of thioether (sulfide) groups is 1. The number of carbonyl (C=O) groups excluding carboxylic acids is 1. The topological polar surface area (TPSA) is 114 Å². The summed E-state index contributed by atoms with van der Waals surface area (Å²) in [5.41, 5.74) is 0.647. The highest BCUT2D eigenvalue weighted by Crippen LogP contribution is 2.32. The molecule has 3 aromatic heterocycles. The van der Waals surface area contributed by atoms with E-state index in [2.05, 4.69) is 30.3 Å². The van der Waals surface area contributed by atoms with Crippen LogP contribution in [0.4, 0.5) is 0 Å². The summed E-state index contributed by atoms with van der Waals surface area (Å²) in [7, 11) is 0. The Morgan fingerprint density at radius 2 is 2.35 bits per heavy atom. The van der Waals surface area contributed by atoms with E-state index in [0.29, 0.717) is 29.1 Å². The van der Waals surface area contributed by atoms with Gasteiger partial charge in [0.05, 0.1) is 5.75 Å². The Labute approximate surface area is 153 Å².